The average Bonchev–Trinajstić information content (AvgIpc) is 3.61. The molecule has 2 aromatic heterocycles. The summed E-state index contributed by atoms with van der Waals surface area (Å²) < 4.78 is 2.42. The molecule has 1 aliphatic heterocycles. The Hall–Kier alpha value is -7.36. The van der Waals surface area contributed by atoms with Crippen LogP contribution < -0.4 is 0 Å². The number of fused-ring (bicyclic) bond motifs is 2. The van der Waals surface area contributed by atoms with Gasteiger partial charge < -0.3 is 4.57 Å². The normalized spacial score (nSPS) is 14.5. The van der Waals surface area contributed by atoms with Crippen LogP contribution in [0.1, 0.15) is 40.4 Å². The predicted molar refractivity (Wildman–Crippen MR) is 237 cm³/mol. The van der Waals surface area contributed by atoms with E-state index in [2.05, 4.69) is 182 Å². The highest BCUT2D eigenvalue weighted by Gasteiger charge is 2.45. The summed E-state index contributed by atoms with van der Waals surface area (Å²) in [6.07, 6.45) is 6.34. The fourth-order valence-electron chi connectivity index (χ4n) is 8.92. The molecule has 0 N–H and O–H groups in total. The van der Waals surface area contributed by atoms with Crippen LogP contribution in [0, 0.1) is 0 Å². The number of rotatable bonds is 8. The van der Waals surface area contributed by atoms with Gasteiger partial charge in [-0.25, -0.2) is 9.97 Å². The number of allylic oxidation sites excluding steroid dienone is 1. The molecule has 7 aromatic carbocycles. The zero-order valence-electron chi connectivity index (χ0n) is 31.7. The Morgan fingerprint density at radius 2 is 1.07 bits per heavy atom. The van der Waals surface area contributed by atoms with Gasteiger partial charge in [-0.3, -0.25) is 0 Å². The van der Waals surface area contributed by atoms with E-state index >= 15 is 0 Å². The molecule has 0 spiro atoms. The van der Waals surface area contributed by atoms with Gasteiger partial charge in [0.2, 0.25) is 0 Å². The van der Waals surface area contributed by atoms with Gasteiger partial charge in [0.05, 0.1) is 33.7 Å². The third-order valence-electron chi connectivity index (χ3n) is 11.4. The number of nitrogens with zero attached hydrogens (tertiary/aromatic N) is 3. The van der Waals surface area contributed by atoms with Gasteiger partial charge in [0, 0.05) is 27.6 Å². The maximum atomic E-state index is 5.08. The van der Waals surface area contributed by atoms with Gasteiger partial charge in [0.25, 0.3) is 0 Å². The zero-order chi connectivity index (χ0) is 38.3. The summed E-state index contributed by atoms with van der Waals surface area (Å²) in [5.41, 5.74) is 16.2. The van der Waals surface area contributed by atoms with Crippen molar-refractivity contribution in [3.05, 3.63) is 234 Å². The van der Waals surface area contributed by atoms with Crippen molar-refractivity contribution in [2.75, 3.05) is 0 Å². The zero-order valence-corrected chi connectivity index (χ0v) is 31.7. The first-order chi connectivity index (χ1) is 28.2. The van der Waals surface area contributed by atoms with Crippen LogP contribution in [0.2, 0.25) is 0 Å². The van der Waals surface area contributed by atoms with E-state index in [9.17, 15) is 0 Å². The fraction of sp³-hybridized carbons (Fsp3) is 0.0370. The highest BCUT2D eigenvalue weighted by atomic mass is 15.0. The van der Waals surface area contributed by atoms with Crippen LogP contribution >= 0.6 is 0 Å². The first kappa shape index (κ1) is 34.2. The highest BCUT2D eigenvalue weighted by molar-refractivity contribution is 6.00. The molecule has 9 aromatic rings. The van der Waals surface area contributed by atoms with Crippen LogP contribution in [-0.2, 0) is 5.41 Å². The summed E-state index contributed by atoms with van der Waals surface area (Å²) in [7, 11) is 0. The minimum Gasteiger partial charge on any atom is -0.309 e. The van der Waals surface area contributed by atoms with Crippen LogP contribution in [0.3, 0.4) is 0 Å². The van der Waals surface area contributed by atoms with Crippen molar-refractivity contribution >= 4 is 23.1 Å². The van der Waals surface area contributed by atoms with Crippen LogP contribution in [0.5, 0.6) is 0 Å². The maximum absolute atomic E-state index is 5.08. The monoisotopic (exact) mass is 729 g/mol. The minimum atomic E-state index is -0.587. The van der Waals surface area contributed by atoms with E-state index in [1.807, 2.05) is 42.5 Å². The van der Waals surface area contributed by atoms with Crippen LogP contribution in [0.15, 0.2) is 201 Å². The van der Waals surface area contributed by atoms with Crippen LogP contribution in [-0.4, -0.2) is 14.5 Å². The van der Waals surface area contributed by atoms with Gasteiger partial charge in [0.15, 0.2) is 5.82 Å². The van der Waals surface area contributed by atoms with E-state index in [1.165, 1.54) is 44.4 Å². The molecule has 270 valence electrons. The van der Waals surface area contributed by atoms with Crippen molar-refractivity contribution in [2.24, 2.45) is 0 Å². The third kappa shape index (κ3) is 5.50. The topological polar surface area (TPSA) is 30.7 Å². The summed E-state index contributed by atoms with van der Waals surface area (Å²) in [4.78, 5) is 10.1. The van der Waals surface area contributed by atoms with Gasteiger partial charge >= 0.3 is 0 Å². The summed E-state index contributed by atoms with van der Waals surface area (Å²) in [5, 5.41) is 1.22. The molecule has 1 atom stereocenters. The van der Waals surface area contributed by atoms with Crippen molar-refractivity contribution in [2.45, 2.75) is 12.3 Å². The Labute approximate surface area is 333 Å². The maximum Gasteiger partial charge on any atom is 0.160 e. The number of para-hydroxylation sites is 2. The quantitative estimate of drug-likeness (QED) is 0.156. The van der Waals surface area contributed by atoms with Gasteiger partial charge in [-0.2, -0.15) is 0 Å². The molecular formula is C54H39N3. The Kier molecular flexibility index (Phi) is 8.42. The molecular weight excluding hydrogens is 691 g/mol. The molecule has 1 aliphatic rings. The molecule has 0 saturated heterocycles. The lowest BCUT2D eigenvalue weighted by Gasteiger charge is -2.42. The second-order valence-corrected chi connectivity index (χ2v) is 14.5. The standard InChI is InChI=1S/C54H39N3/c1-3-18-44-45-27-17-29-47-52(45)57(50(44)4-2)51-30-15-14-28-46(51)54(47,42-24-12-7-13-25-42)43-26-16-23-41(35-43)37-31-33-39(34-32-37)49-36-48(38-19-8-5-9-20-38)55-53(56-49)40-21-10-6-11-22-40/h3-36H,2H2,1H3/b18-3-. The first-order valence-corrected chi connectivity index (χ1v) is 19.5. The Balaban J connectivity index is 1.14. The van der Waals surface area contributed by atoms with Crippen molar-refractivity contribution in [1.82, 2.24) is 14.5 Å². The van der Waals surface area contributed by atoms with E-state index < -0.39 is 5.41 Å². The number of aromatic nitrogens is 3. The van der Waals surface area contributed by atoms with Crippen molar-refractivity contribution < 1.29 is 0 Å². The van der Waals surface area contributed by atoms with Crippen molar-refractivity contribution in [1.29, 1.82) is 0 Å². The molecule has 0 aliphatic carbocycles. The van der Waals surface area contributed by atoms with Gasteiger partial charge in [-0.1, -0.05) is 189 Å². The first-order valence-electron chi connectivity index (χ1n) is 19.5. The average molecular weight is 730 g/mol. The van der Waals surface area contributed by atoms with Gasteiger partial charge in [0.1, 0.15) is 0 Å². The van der Waals surface area contributed by atoms with Crippen LogP contribution in [0.4, 0.5) is 0 Å². The summed E-state index contributed by atoms with van der Waals surface area (Å²) in [6, 6.07) is 67.3. The lowest BCUT2D eigenvalue weighted by molar-refractivity contribution is 0.724. The molecule has 0 radical (unpaired) electrons. The predicted octanol–water partition coefficient (Wildman–Crippen LogP) is 13.5. The van der Waals surface area contributed by atoms with E-state index in [-0.39, 0.29) is 0 Å². The van der Waals surface area contributed by atoms with E-state index in [0.29, 0.717) is 5.82 Å². The fourth-order valence-corrected chi connectivity index (χ4v) is 8.92. The molecule has 0 bridgehead atoms. The minimum absolute atomic E-state index is 0.587. The van der Waals surface area contributed by atoms with E-state index in [0.717, 1.165) is 44.9 Å². The SMILES string of the molecule is C=Cc1c(/C=C\C)c2cccc3c2n1-c1ccccc1C3(c1ccccc1)c1cccc(-c2ccc(-c3cc(-c4ccccc4)nc(-c4ccccc4)n3)cc2)c1. The lowest BCUT2D eigenvalue weighted by Crippen LogP contribution is -2.35. The number of hydrogen-bond acceptors (Lipinski definition) is 2. The van der Waals surface area contributed by atoms with Crippen molar-refractivity contribution in [3.63, 3.8) is 0 Å². The van der Waals surface area contributed by atoms with Gasteiger partial charge in [-0.05, 0) is 64.6 Å². The molecule has 3 heteroatoms. The molecule has 3 nitrogen and oxygen atoms in total. The largest absolute Gasteiger partial charge is 0.309 e. The van der Waals surface area contributed by atoms with E-state index in [4.69, 9.17) is 9.97 Å². The molecule has 0 fully saturated rings. The molecule has 0 amide bonds. The number of hydrogen-bond donors (Lipinski definition) is 0. The second kappa shape index (κ2) is 14.1. The molecule has 0 saturated carbocycles. The Morgan fingerprint density at radius 3 is 1.77 bits per heavy atom. The van der Waals surface area contributed by atoms with Gasteiger partial charge in [-0.15, -0.1) is 0 Å². The molecule has 1 unspecified atom stereocenters. The van der Waals surface area contributed by atoms with E-state index in [1.54, 1.807) is 0 Å². The number of benzene rings is 7. The summed E-state index contributed by atoms with van der Waals surface area (Å²) in [5.74, 6) is 0.710. The third-order valence-corrected chi connectivity index (χ3v) is 11.4. The summed E-state index contributed by atoms with van der Waals surface area (Å²) in [6.45, 7) is 6.38. The van der Waals surface area contributed by atoms with Crippen LogP contribution in [0.25, 0.3) is 73.8 Å². The second-order valence-electron chi connectivity index (χ2n) is 14.5. The lowest BCUT2D eigenvalue weighted by atomic mass is 9.63. The Morgan fingerprint density at radius 1 is 0.509 bits per heavy atom. The molecule has 10 rings (SSSR count). The molecule has 57 heavy (non-hydrogen) atoms. The smallest absolute Gasteiger partial charge is 0.160 e. The summed E-state index contributed by atoms with van der Waals surface area (Å²) >= 11 is 0. The Bertz CT molecular complexity index is 2900. The highest BCUT2D eigenvalue weighted by Crippen LogP contribution is 2.54. The van der Waals surface area contributed by atoms with Crippen molar-refractivity contribution in [3.8, 4) is 50.7 Å². The molecule has 3 heterocycles.